The second kappa shape index (κ2) is 7.67. The van der Waals surface area contributed by atoms with E-state index in [1.807, 2.05) is 0 Å². The Morgan fingerprint density at radius 2 is 1.89 bits per heavy atom. The third-order valence-electron chi connectivity index (χ3n) is 5.45. The average Bonchev–Trinajstić information content (AvgIpc) is 2.33. The smallest absolute Gasteiger partial charge is 0.0190 e. The summed E-state index contributed by atoms with van der Waals surface area (Å²) in [6.45, 7) is 11.8. The molecule has 2 N–H and O–H groups in total. The summed E-state index contributed by atoms with van der Waals surface area (Å²) in [5.41, 5.74) is 7.05. The van der Waals surface area contributed by atoms with E-state index in [-0.39, 0.29) is 5.54 Å². The van der Waals surface area contributed by atoms with E-state index >= 15 is 0 Å². The van der Waals surface area contributed by atoms with Crippen LogP contribution in [0.4, 0.5) is 0 Å². The summed E-state index contributed by atoms with van der Waals surface area (Å²) in [6, 6.07) is 0. The van der Waals surface area contributed by atoms with Crippen molar-refractivity contribution in [3.8, 4) is 0 Å². The third kappa shape index (κ3) is 4.77. The van der Waals surface area contributed by atoms with Crippen molar-refractivity contribution in [3.05, 3.63) is 0 Å². The number of hydrogen-bond acceptors (Lipinski definition) is 1. The monoisotopic (exact) mass is 267 g/mol. The molecule has 19 heavy (non-hydrogen) atoms. The van der Waals surface area contributed by atoms with Crippen molar-refractivity contribution < 1.29 is 0 Å². The highest BCUT2D eigenvalue weighted by molar-refractivity contribution is 4.98. The minimum Gasteiger partial charge on any atom is -0.325 e. The summed E-state index contributed by atoms with van der Waals surface area (Å²) in [5, 5.41) is 0. The summed E-state index contributed by atoms with van der Waals surface area (Å²) in [5.74, 6) is 3.14. The van der Waals surface area contributed by atoms with E-state index in [2.05, 4.69) is 34.6 Å². The molecule has 1 fully saturated rings. The Labute approximate surface area is 121 Å². The molecule has 0 bridgehead atoms. The Kier molecular flexibility index (Phi) is 6.86. The summed E-state index contributed by atoms with van der Waals surface area (Å²) in [7, 11) is 0. The Morgan fingerprint density at radius 3 is 2.42 bits per heavy atom. The van der Waals surface area contributed by atoms with Crippen LogP contribution in [0, 0.1) is 23.7 Å². The van der Waals surface area contributed by atoms with Gasteiger partial charge in [-0.1, -0.05) is 66.7 Å². The first-order valence-corrected chi connectivity index (χ1v) is 8.71. The van der Waals surface area contributed by atoms with Crippen LogP contribution in [0.15, 0.2) is 0 Å². The predicted molar refractivity (Wildman–Crippen MR) is 86.2 cm³/mol. The van der Waals surface area contributed by atoms with Crippen LogP contribution in [0.25, 0.3) is 0 Å². The highest BCUT2D eigenvalue weighted by atomic mass is 14.8. The fraction of sp³-hybridized carbons (Fsp3) is 1.00. The van der Waals surface area contributed by atoms with Crippen molar-refractivity contribution in [2.75, 3.05) is 0 Å². The van der Waals surface area contributed by atoms with E-state index in [1.165, 1.54) is 51.4 Å². The van der Waals surface area contributed by atoms with Gasteiger partial charge in [0.15, 0.2) is 0 Å². The molecule has 1 rings (SSSR count). The molecule has 0 saturated heterocycles. The SMILES string of the molecule is CCCCC(CC)CC1(N)CC(C)CCC1C(C)C. The summed E-state index contributed by atoms with van der Waals surface area (Å²) >= 11 is 0. The lowest BCUT2D eigenvalue weighted by Gasteiger charge is -2.47. The van der Waals surface area contributed by atoms with Crippen molar-refractivity contribution in [1.29, 1.82) is 0 Å². The van der Waals surface area contributed by atoms with Gasteiger partial charge in [-0.3, -0.25) is 0 Å². The van der Waals surface area contributed by atoms with Crippen molar-refractivity contribution in [3.63, 3.8) is 0 Å². The Morgan fingerprint density at radius 1 is 1.21 bits per heavy atom. The van der Waals surface area contributed by atoms with Crippen LogP contribution < -0.4 is 5.73 Å². The molecule has 0 aliphatic heterocycles. The Bertz CT molecular complexity index is 248. The zero-order chi connectivity index (χ0) is 14.5. The number of hydrogen-bond donors (Lipinski definition) is 1. The maximum atomic E-state index is 6.94. The number of nitrogens with two attached hydrogens (primary N) is 1. The number of rotatable bonds is 7. The van der Waals surface area contributed by atoms with Crippen molar-refractivity contribution >= 4 is 0 Å². The first-order valence-electron chi connectivity index (χ1n) is 8.71. The molecule has 0 aromatic carbocycles. The van der Waals surface area contributed by atoms with Crippen LogP contribution in [0.2, 0.25) is 0 Å². The molecular formula is C18H37N. The van der Waals surface area contributed by atoms with Gasteiger partial charge < -0.3 is 5.73 Å². The quantitative estimate of drug-likeness (QED) is 0.658. The molecule has 4 unspecified atom stereocenters. The Hall–Kier alpha value is -0.0400. The van der Waals surface area contributed by atoms with Gasteiger partial charge in [0.2, 0.25) is 0 Å². The van der Waals surface area contributed by atoms with Crippen molar-refractivity contribution in [1.82, 2.24) is 0 Å². The van der Waals surface area contributed by atoms with Crippen LogP contribution in [0.5, 0.6) is 0 Å². The molecule has 4 atom stereocenters. The highest BCUT2D eigenvalue weighted by Gasteiger charge is 2.41. The second-order valence-corrected chi connectivity index (χ2v) is 7.59. The minimum absolute atomic E-state index is 0.111. The van der Waals surface area contributed by atoms with Gasteiger partial charge in [0.05, 0.1) is 0 Å². The molecule has 0 aromatic rings. The first kappa shape index (κ1) is 17.0. The lowest BCUT2D eigenvalue weighted by molar-refractivity contribution is 0.0830. The van der Waals surface area contributed by atoms with Crippen LogP contribution >= 0.6 is 0 Å². The Balaban J connectivity index is 2.71. The van der Waals surface area contributed by atoms with Gasteiger partial charge in [0, 0.05) is 5.54 Å². The van der Waals surface area contributed by atoms with Gasteiger partial charge in [-0.15, -0.1) is 0 Å². The largest absolute Gasteiger partial charge is 0.325 e. The molecular weight excluding hydrogens is 230 g/mol. The molecule has 0 radical (unpaired) electrons. The van der Waals surface area contributed by atoms with Crippen LogP contribution in [0.3, 0.4) is 0 Å². The van der Waals surface area contributed by atoms with E-state index in [0.717, 1.165) is 23.7 Å². The molecule has 1 heteroatoms. The highest BCUT2D eigenvalue weighted by Crippen LogP contribution is 2.43. The standard InChI is InChI=1S/C18H37N/c1-6-8-9-16(7-2)13-18(19)12-15(5)10-11-17(18)14(3)4/h14-17H,6-13,19H2,1-5H3. The van der Waals surface area contributed by atoms with Crippen LogP contribution in [-0.2, 0) is 0 Å². The third-order valence-corrected chi connectivity index (χ3v) is 5.45. The van der Waals surface area contributed by atoms with E-state index in [1.54, 1.807) is 0 Å². The fourth-order valence-electron chi connectivity index (χ4n) is 4.37. The van der Waals surface area contributed by atoms with Gasteiger partial charge in [-0.05, 0) is 42.9 Å². The molecule has 1 aliphatic rings. The summed E-state index contributed by atoms with van der Waals surface area (Å²) in [6.07, 6.45) is 10.6. The predicted octanol–water partition coefficient (Wildman–Crippen LogP) is 5.38. The molecule has 114 valence electrons. The number of unbranched alkanes of at least 4 members (excludes halogenated alkanes) is 1. The first-order chi connectivity index (χ1) is 8.92. The molecule has 1 nitrogen and oxygen atoms in total. The van der Waals surface area contributed by atoms with Gasteiger partial charge in [-0.2, -0.15) is 0 Å². The van der Waals surface area contributed by atoms with Gasteiger partial charge in [-0.25, -0.2) is 0 Å². The zero-order valence-electron chi connectivity index (χ0n) is 14.0. The molecule has 0 aromatic heterocycles. The molecule has 0 heterocycles. The van der Waals surface area contributed by atoms with Crippen LogP contribution in [-0.4, -0.2) is 5.54 Å². The van der Waals surface area contributed by atoms with Gasteiger partial charge in [0.1, 0.15) is 0 Å². The molecule has 1 saturated carbocycles. The lowest BCUT2D eigenvalue weighted by atomic mass is 9.62. The average molecular weight is 268 g/mol. The van der Waals surface area contributed by atoms with Gasteiger partial charge in [0.25, 0.3) is 0 Å². The van der Waals surface area contributed by atoms with Gasteiger partial charge >= 0.3 is 0 Å². The van der Waals surface area contributed by atoms with E-state index < -0.39 is 0 Å². The molecule has 0 spiro atoms. The lowest BCUT2D eigenvalue weighted by Crippen LogP contribution is -2.53. The minimum atomic E-state index is 0.111. The van der Waals surface area contributed by atoms with Crippen LogP contribution in [0.1, 0.15) is 86.0 Å². The second-order valence-electron chi connectivity index (χ2n) is 7.59. The molecule has 0 amide bonds. The van der Waals surface area contributed by atoms with E-state index in [9.17, 15) is 0 Å². The van der Waals surface area contributed by atoms with Crippen molar-refractivity contribution in [2.24, 2.45) is 29.4 Å². The topological polar surface area (TPSA) is 26.0 Å². The summed E-state index contributed by atoms with van der Waals surface area (Å²) < 4.78 is 0. The normalized spacial score (nSPS) is 33.6. The zero-order valence-corrected chi connectivity index (χ0v) is 14.0. The summed E-state index contributed by atoms with van der Waals surface area (Å²) in [4.78, 5) is 0. The van der Waals surface area contributed by atoms with E-state index in [4.69, 9.17) is 5.73 Å². The maximum Gasteiger partial charge on any atom is 0.0190 e. The molecule has 1 aliphatic carbocycles. The van der Waals surface area contributed by atoms with E-state index in [0.29, 0.717) is 0 Å². The van der Waals surface area contributed by atoms with Crippen molar-refractivity contribution in [2.45, 2.75) is 91.5 Å². The fourth-order valence-corrected chi connectivity index (χ4v) is 4.37. The maximum absolute atomic E-state index is 6.94.